The number of aliphatic imine (C=N–C) groups is 2. The Labute approximate surface area is 73.1 Å². The molecular weight excluding hydrogens is 174 g/mol. The smallest absolute Gasteiger partial charge is 0.263 e. The number of nitrogens with one attached hydrogen (secondary N) is 2. The summed E-state index contributed by atoms with van der Waals surface area (Å²) in [6, 6.07) is -0.690. The minimum Gasteiger partial charge on any atom is -0.370 e. The lowest BCUT2D eigenvalue weighted by Crippen LogP contribution is -2.59. The lowest BCUT2D eigenvalue weighted by molar-refractivity contribution is -0.123. The van der Waals surface area contributed by atoms with Crippen LogP contribution in [0.5, 0.6) is 0 Å². The van der Waals surface area contributed by atoms with Gasteiger partial charge in [-0.2, -0.15) is 0 Å². The van der Waals surface area contributed by atoms with Gasteiger partial charge in [0, 0.05) is 0 Å². The van der Waals surface area contributed by atoms with Crippen molar-refractivity contribution < 1.29 is 9.59 Å². The van der Waals surface area contributed by atoms with Gasteiger partial charge < -0.3 is 11.1 Å². The molecule has 0 fully saturated rings. The largest absolute Gasteiger partial charge is 0.370 e. The first-order chi connectivity index (χ1) is 6.16. The van der Waals surface area contributed by atoms with Crippen molar-refractivity contribution in [1.82, 2.24) is 10.6 Å². The third-order valence-corrected chi connectivity index (χ3v) is 1.74. The zero-order valence-corrected chi connectivity index (χ0v) is 6.52. The highest BCUT2D eigenvalue weighted by Crippen LogP contribution is 2.07. The van der Waals surface area contributed by atoms with Crippen LogP contribution < -0.4 is 16.4 Å². The molecule has 2 atom stereocenters. The van der Waals surface area contributed by atoms with Crippen LogP contribution in [0.15, 0.2) is 9.98 Å². The first-order valence-corrected chi connectivity index (χ1v) is 3.64. The number of guanidine groups is 1. The van der Waals surface area contributed by atoms with Crippen LogP contribution in [0, 0.1) is 0 Å². The van der Waals surface area contributed by atoms with Crippen molar-refractivity contribution >= 4 is 24.0 Å². The second-order valence-corrected chi connectivity index (χ2v) is 2.68. The molecule has 2 aliphatic heterocycles. The van der Waals surface area contributed by atoms with Gasteiger partial charge in [-0.15, -0.1) is 0 Å². The zero-order chi connectivity index (χ0) is 9.42. The van der Waals surface area contributed by atoms with Crippen molar-refractivity contribution in [1.29, 1.82) is 0 Å². The maximum atomic E-state index is 11.2. The number of carbonyl (C=O) groups excluding carboxylic acids is 2. The molecule has 7 heteroatoms. The Bertz CT molecular complexity index is 334. The van der Waals surface area contributed by atoms with E-state index in [0.29, 0.717) is 0 Å². The van der Waals surface area contributed by atoms with Crippen LogP contribution in [0.3, 0.4) is 0 Å². The standard InChI is InChI=1S/C6H7N5O2/c7-6-10-4-3(5(13)11-6)8-1-2(12)9-4/h1,3-4H,(H,9,12)(H3,7,10,11,13). The monoisotopic (exact) mass is 181 g/mol. The highest BCUT2D eigenvalue weighted by Gasteiger charge is 2.35. The SMILES string of the molecule is NC1=NC2NC(=O)C=NC2C(=O)N1. The molecule has 68 valence electrons. The first-order valence-electron chi connectivity index (χ1n) is 3.64. The molecular formula is C6H7N5O2. The number of rotatable bonds is 0. The number of hydrogen-bond donors (Lipinski definition) is 3. The average Bonchev–Trinajstić information content (AvgIpc) is 2.02. The molecule has 2 heterocycles. The van der Waals surface area contributed by atoms with Crippen LogP contribution in [0.25, 0.3) is 0 Å². The normalized spacial score (nSPS) is 31.5. The van der Waals surface area contributed by atoms with Crippen molar-refractivity contribution in [3.05, 3.63) is 0 Å². The number of carbonyl (C=O) groups is 2. The summed E-state index contributed by atoms with van der Waals surface area (Å²) in [5.41, 5.74) is 5.29. The third kappa shape index (κ3) is 1.24. The maximum Gasteiger partial charge on any atom is 0.263 e. The Morgan fingerprint density at radius 3 is 3.00 bits per heavy atom. The predicted octanol–water partition coefficient (Wildman–Crippen LogP) is -2.67. The van der Waals surface area contributed by atoms with E-state index in [-0.39, 0.29) is 17.8 Å². The minimum absolute atomic E-state index is 0.00338. The summed E-state index contributed by atoms with van der Waals surface area (Å²) in [4.78, 5) is 29.6. The van der Waals surface area contributed by atoms with Gasteiger partial charge in [0.1, 0.15) is 0 Å². The quantitative estimate of drug-likeness (QED) is 0.379. The van der Waals surface area contributed by atoms with Gasteiger partial charge in [-0.1, -0.05) is 0 Å². The van der Waals surface area contributed by atoms with Crippen molar-refractivity contribution in [2.45, 2.75) is 12.2 Å². The second-order valence-electron chi connectivity index (χ2n) is 2.68. The predicted molar refractivity (Wildman–Crippen MR) is 44.0 cm³/mol. The molecule has 0 radical (unpaired) electrons. The van der Waals surface area contributed by atoms with E-state index in [0.717, 1.165) is 6.21 Å². The third-order valence-electron chi connectivity index (χ3n) is 1.74. The number of amides is 2. The summed E-state index contributed by atoms with van der Waals surface area (Å²) in [6.45, 7) is 0. The number of fused-ring (bicyclic) bond motifs is 1. The highest BCUT2D eigenvalue weighted by molar-refractivity contribution is 6.27. The van der Waals surface area contributed by atoms with E-state index in [1.54, 1.807) is 0 Å². The van der Waals surface area contributed by atoms with E-state index in [9.17, 15) is 9.59 Å². The van der Waals surface area contributed by atoms with E-state index < -0.39 is 12.2 Å². The van der Waals surface area contributed by atoms with Crippen LogP contribution >= 0.6 is 0 Å². The Kier molecular flexibility index (Phi) is 1.51. The maximum absolute atomic E-state index is 11.2. The molecule has 0 bridgehead atoms. The van der Waals surface area contributed by atoms with Gasteiger partial charge in [-0.05, 0) is 0 Å². The van der Waals surface area contributed by atoms with Crippen LogP contribution in [0.4, 0.5) is 0 Å². The average molecular weight is 181 g/mol. The van der Waals surface area contributed by atoms with Crippen LogP contribution in [-0.4, -0.2) is 36.2 Å². The van der Waals surface area contributed by atoms with Gasteiger partial charge in [0.05, 0.1) is 6.21 Å². The van der Waals surface area contributed by atoms with Gasteiger partial charge in [0.2, 0.25) is 0 Å². The van der Waals surface area contributed by atoms with Crippen molar-refractivity contribution in [3.63, 3.8) is 0 Å². The minimum atomic E-state index is -0.690. The number of nitrogens with zero attached hydrogens (tertiary/aromatic N) is 2. The van der Waals surface area contributed by atoms with Crippen LogP contribution in [0.1, 0.15) is 0 Å². The van der Waals surface area contributed by atoms with Crippen LogP contribution in [-0.2, 0) is 9.59 Å². The van der Waals surface area contributed by atoms with E-state index in [2.05, 4.69) is 20.6 Å². The van der Waals surface area contributed by atoms with E-state index in [1.165, 1.54) is 0 Å². The summed E-state index contributed by atoms with van der Waals surface area (Å²) in [5, 5.41) is 4.78. The highest BCUT2D eigenvalue weighted by atomic mass is 16.2. The summed E-state index contributed by atoms with van der Waals surface area (Å²) >= 11 is 0. The fourth-order valence-electron chi connectivity index (χ4n) is 1.19. The molecule has 0 spiro atoms. The first kappa shape index (κ1) is 7.71. The summed E-state index contributed by atoms with van der Waals surface area (Å²) < 4.78 is 0. The Hall–Kier alpha value is -1.92. The Balaban J connectivity index is 2.33. The van der Waals surface area contributed by atoms with Crippen molar-refractivity contribution in [2.24, 2.45) is 15.7 Å². The van der Waals surface area contributed by atoms with Gasteiger partial charge in [-0.3, -0.25) is 19.9 Å². The van der Waals surface area contributed by atoms with Crippen molar-refractivity contribution in [3.8, 4) is 0 Å². The van der Waals surface area contributed by atoms with Crippen LogP contribution in [0.2, 0.25) is 0 Å². The molecule has 0 aliphatic carbocycles. The summed E-state index contributed by atoms with van der Waals surface area (Å²) in [6.07, 6.45) is 0.406. The lowest BCUT2D eigenvalue weighted by Gasteiger charge is -2.27. The Morgan fingerprint density at radius 1 is 1.46 bits per heavy atom. The molecule has 2 rings (SSSR count). The van der Waals surface area contributed by atoms with Gasteiger partial charge in [0.25, 0.3) is 11.8 Å². The zero-order valence-electron chi connectivity index (χ0n) is 6.52. The molecule has 7 nitrogen and oxygen atoms in total. The summed E-state index contributed by atoms with van der Waals surface area (Å²) in [7, 11) is 0. The van der Waals surface area contributed by atoms with Gasteiger partial charge >= 0.3 is 0 Å². The van der Waals surface area contributed by atoms with E-state index in [4.69, 9.17) is 5.73 Å². The fraction of sp³-hybridized carbons (Fsp3) is 0.333. The molecule has 2 unspecified atom stereocenters. The molecule has 4 N–H and O–H groups in total. The van der Waals surface area contributed by atoms with E-state index in [1.807, 2.05) is 0 Å². The molecule has 0 saturated carbocycles. The number of nitrogens with two attached hydrogens (primary N) is 1. The van der Waals surface area contributed by atoms with Gasteiger partial charge in [0.15, 0.2) is 18.2 Å². The number of hydrogen-bond acceptors (Lipinski definition) is 5. The molecule has 0 aromatic rings. The Morgan fingerprint density at radius 2 is 2.23 bits per heavy atom. The lowest BCUT2D eigenvalue weighted by atomic mass is 10.1. The van der Waals surface area contributed by atoms with Gasteiger partial charge in [-0.25, -0.2) is 4.99 Å². The van der Waals surface area contributed by atoms with Crippen molar-refractivity contribution in [2.75, 3.05) is 0 Å². The van der Waals surface area contributed by atoms with E-state index >= 15 is 0 Å². The second kappa shape index (κ2) is 2.54. The molecule has 2 aliphatic rings. The molecule has 2 amide bonds. The molecule has 0 aromatic heterocycles. The molecule has 0 saturated heterocycles. The molecule has 13 heavy (non-hydrogen) atoms. The topological polar surface area (TPSA) is 109 Å². The summed E-state index contributed by atoms with van der Waals surface area (Å²) in [5.74, 6) is -0.718. The fourth-order valence-corrected chi connectivity index (χ4v) is 1.19. The molecule has 0 aromatic carbocycles.